The SMILES string of the molecule is COc1ccc2cc1OCC(=O)N[C@@H](CO)CN(C)CCCc1c[nH]c3ncnc(c13)N2. The molecule has 0 fully saturated rings. The van der Waals surface area contributed by atoms with Crippen LogP contribution in [0, 0.1) is 0 Å². The summed E-state index contributed by atoms with van der Waals surface area (Å²) in [6.07, 6.45) is 5.22. The lowest BCUT2D eigenvalue weighted by Gasteiger charge is -2.23. The number of rotatable bonds is 2. The zero-order valence-corrected chi connectivity index (χ0v) is 18.2. The molecule has 0 saturated carbocycles. The molecular weight excluding hydrogens is 412 g/mol. The van der Waals surface area contributed by atoms with Crippen LogP contribution in [-0.2, 0) is 11.2 Å². The predicted molar refractivity (Wildman–Crippen MR) is 120 cm³/mol. The summed E-state index contributed by atoms with van der Waals surface area (Å²) in [5, 5.41) is 16.8. The van der Waals surface area contributed by atoms with Crippen molar-refractivity contribution in [1.82, 2.24) is 25.2 Å². The van der Waals surface area contributed by atoms with E-state index in [-0.39, 0.29) is 25.2 Å². The molecule has 32 heavy (non-hydrogen) atoms. The Labute approximate surface area is 186 Å². The third-order valence-electron chi connectivity index (χ3n) is 5.44. The van der Waals surface area contributed by atoms with Crippen LogP contribution in [0.1, 0.15) is 12.0 Å². The molecule has 3 heterocycles. The summed E-state index contributed by atoms with van der Waals surface area (Å²) in [6.45, 7) is 0.997. The van der Waals surface area contributed by atoms with Crippen LogP contribution in [0.4, 0.5) is 11.5 Å². The summed E-state index contributed by atoms with van der Waals surface area (Å²) in [5.41, 5.74) is 2.63. The number of benzene rings is 1. The van der Waals surface area contributed by atoms with E-state index >= 15 is 0 Å². The average Bonchev–Trinajstić information content (AvgIpc) is 3.21. The molecule has 0 saturated heterocycles. The van der Waals surface area contributed by atoms with Crippen molar-refractivity contribution in [2.24, 2.45) is 0 Å². The van der Waals surface area contributed by atoms with E-state index in [1.165, 1.54) is 6.33 Å². The summed E-state index contributed by atoms with van der Waals surface area (Å²) in [6, 6.07) is 5.01. The Morgan fingerprint density at radius 2 is 2.22 bits per heavy atom. The van der Waals surface area contributed by atoms with Gasteiger partial charge in [-0.2, -0.15) is 0 Å². The highest BCUT2D eigenvalue weighted by atomic mass is 16.5. The Balaban J connectivity index is 1.69. The van der Waals surface area contributed by atoms with E-state index in [9.17, 15) is 9.90 Å². The van der Waals surface area contributed by atoms with Crippen LogP contribution in [0.3, 0.4) is 0 Å². The number of aliphatic hydroxyl groups excluding tert-OH is 1. The van der Waals surface area contributed by atoms with Crippen molar-refractivity contribution in [3.63, 3.8) is 0 Å². The molecule has 2 bridgehead atoms. The van der Waals surface area contributed by atoms with Gasteiger partial charge in [-0.05, 0) is 44.1 Å². The summed E-state index contributed by atoms with van der Waals surface area (Å²) >= 11 is 0. The first-order chi connectivity index (χ1) is 15.6. The minimum atomic E-state index is -0.380. The fraction of sp³-hybridized carbons (Fsp3) is 0.409. The Hall–Kier alpha value is -3.37. The first-order valence-electron chi connectivity index (χ1n) is 10.5. The molecule has 0 radical (unpaired) electrons. The van der Waals surface area contributed by atoms with Crippen molar-refractivity contribution in [2.45, 2.75) is 18.9 Å². The number of hydrogen-bond acceptors (Lipinski definition) is 8. The fourth-order valence-electron chi connectivity index (χ4n) is 3.89. The van der Waals surface area contributed by atoms with E-state index in [1.807, 2.05) is 19.3 Å². The molecule has 1 amide bonds. The molecule has 1 aliphatic rings. The first kappa shape index (κ1) is 21.8. The number of aryl methyl sites for hydroxylation is 1. The first-order valence-corrected chi connectivity index (χ1v) is 10.5. The van der Waals surface area contributed by atoms with Gasteiger partial charge in [-0.25, -0.2) is 9.97 Å². The summed E-state index contributed by atoms with van der Waals surface area (Å²) < 4.78 is 11.1. The van der Waals surface area contributed by atoms with E-state index < -0.39 is 0 Å². The van der Waals surface area contributed by atoms with Gasteiger partial charge in [0.1, 0.15) is 17.8 Å². The van der Waals surface area contributed by atoms with Crippen molar-refractivity contribution in [3.05, 3.63) is 36.3 Å². The lowest BCUT2D eigenvalue weighted by atomic mass is 10.1. The van der Waals surface area contributed by atoms with Crippen molar-refractivity contribution >= 4 is 28.4 Å². The number of ether oxygens (including phenoxy) is 2. The monoisotopic (exact) mass is 440 g/mol. The number of H-pyrrole nitrogens is 1. The molecule has 0 aliphatic carbocycles. The predicted octanol–water partition coefficient (Wildman–Crippen LogP) is 1.44. The van der Waals surface area contributed by atoms with Gasteiger partial charge in [-0.15, -0.1) is 0 Å². The number of anilines is 2. The zero-order chi connectivity index (χ0) is 22.5. The largest absolute Gasteiger partial charge is 0.493 e. The molecular formula is C22H28N6O4. The van der Waals surface area contributed by atoms with Gasteiger partial charge in [0.15, 0.2) is 18.1 Å². The van der Waals surface area contributed by atoms with Gasteiger partial charge < -0.3 is 35.1 Å². The molecule has 10 nitrogen and oxygen atoms in total. The maximum atomic E-state index is 12.4. The summed E-state index contributed by atoms with van der Waals surface area (Å²) in [4.78, 5) is 26.5. The molecule has 4 N–H and O–H groups in total. The van der Waals surface area contributed by atoms with Gasteiger partial charge in [0, 0.05) is 24.5 Å². The molecule has 2 aromatic heterocycles. The minimum absolute atomic E-state index is 0.151. The number of amides is 1. The van der Waals surface area contributed by atoms with Crippen LogP contribution in [0.5, 0.6) is 11.5 Å². The van der Waals surface area contributed by atoms with E-state index in [0.717, 1.165) is 41.7 Å². The van der Waals surface area contributed by atoms with Gasteiger partial charge in [-0.3, -0.25) is 4.79 Å². The normalized spacial score (nSPS) is 18.3. The number of aliphatic hydroxyl groups is 1. The van der Waals surface area contributed by atoms with Gasteiger partial charge in [-0.1, -0.05) is 0 Å². The minimum Gasteiger partial charge on any atom is -0.493 e. The van der Waals surface area contributed by atoms with E-state index in [0.29, 0.717) is 23.9 Å². The third kappa shape index (κ3) is 4.92. The van der Waals surface area contributed by atoms with Crippen LogP contribution in [0.15, 0.2) is 30.7 Å². The molecule has 10 heteroatoms. The maximum Gasteiger partial charge on any atom is 0.258 e. The van der Waals surface area contributed by atoms with E-state index in [4.69, 9.17) is 9.47 Å². The number of hydrogen-bond donors (Lipinski definition) is 4. The number of carbonyl (C=O) groups is 1. The quantitative estimate of drug-likeness (QED) is 0.472. The second-order valence-corrected chi connectivity index (χ2v) is 7.85. The Morgan fingerprint density at radius 3 is 3.03 bits per heavy atom. The molecule has 1 atom stereocenters. The zero-order valence-electron chi connectivity index (χ0n) is 18.2. The Bertz CT molecular complexity index is 1090. The highest BCUT2D eigenvalue weighted by Crippen LogP contribution is 2.33. The number of likely N-dealkylation sites (N-methyl/N-ethyl adjacent to an activating group) is 1. The number of nitrogens with zero attached hydrogens (tertiary/aromatic N) is 3. The number of aromatic nitrogens is 3. The fourth-order valence-corrected chi connectivity index (χ4v) is 3.89. The number of nitrogens with one attached hydrogen (secondary N) is 3. The van der Waals surface area contributed by atoms with Gasteiger partial charge in [0.05, 0.1) is 25.1 Å². The molecule has 0 unspecified atom stereocenters. The van der Waals surface area contributed by atoms with Gasteiger partial charge in [0.2, 0.25) is 0 Å². The van der Waals surface area contributed by atoms with Crippen molar-refractivity contribution in [2.75, 3.05) is 45.8 Å². The maximum absolute atomic E-state index is 12.4. The number of methoxy groups -OCH3 is 1. The Kier molecular flexibility index (Phi) is 6.72. The second kappa shape index (κ2) is 9.84. The van der Waals surface area contributed by atoms with Crippen LogP contribution >= 0.6 is 0 Å². The molecule has 170 valence electrons. The van der Waals surface area contributed by atoms with Crippen LogP contribution < -0.4 is 20.1 Å². The molecule has 0 spiro atoms. The second-order valence-electron chi connectivity index (χ2n) is 7.85. The third-order valence-corrected chi connectivity index (χ3v) is 5.44. The van der Waals surface area contributed by atoms with Gasteiger partial charge >= 0.3 is 0 Å². The standard InChI is InChI=1S/C22H28N6O4/c1-28-7-3-4-14-9-23-21-20(14)22(25-13-24-21)27-15-5-6-17(31-2)18(8-15)32-12-19(30)26-16(10-28)11-29/h5-6,8-9,13,16,29H,3-4,7,10-12H2,1-2H3,(H,26,30)(H2,23,24,25,27)/t16-/m1/s1. The molecule has 3 aromatic rings. The number of carbonyl (C=O) groups excluding carboxylic acids is 1. The lowest BCUT2D eigenvalue weighted by molar-refractivity contribution is -0.124. The summed E-state index contributed by atoms with van der Waals surface area (Å²) in [5.74, 6) is 1.32. The smallest absolute Gasteiger partial charge is 0.258 e. The Morgan fingerprint density at radius 1 is 1.34 bits per heavy atom. The van der Waals surface area contributed by atoms with Crippen LogP contribution in [-0.4, -0.2) is 77.4 Å². The highest BCUT2D eigenvalue weighted by Gasteiger charge is 2.17. The molecule has 1 aliphatic heterocycles. The lowest BCUT2D eigenvalue weighted by Crippen LogP contribution is -2.46. The molecule has 1 aromatic carbocycles. The van der Waals surface area contributed by atoms with E-state index in [2.05, 4.69) is 30.5 Å². The molecule has 4 rings (SSSR count). The van der Waals surface area contributed by atoms with Crippen LogP contribution in [0.25, 0.3) is 11.0 Å². The topological polar surface area (TPSA) is 125 Å². The van der Waals surface area contributed by atoms with Crippen molar-refractivity contribution in [3.8, 4) is 11.5 Å². The highest BCUT2D eigenvalue weighted by molar-refractivity contribution is 5.92. The van der Waals surface area contributed by atoms with E-state index in [1.54, 1.807) is 19.2 Å². The number of fused-ring (bicyclic) bond motifs is 2. The average molecular weight is 441 g/mol. The summed E-state index contributed by atoms with van der Waals surface area (Å²) in [7, 11) is 3.52. The van der Waals surface area contributed by atoms with Crippen molar-refractivity contribution < 1.29 is 19.4 Å². The number of aromatic amines is 1. The van der Waals surface area contributed by atoms with Gasteiger partial charge in [0.25, 0.3) is 5.91 Å². The van der Waals surface area contributed by atoms with Crippen LogP contribution in [0.2, 0.25) is 0 Å². The van der Waals surface area contributed by atoms with Crippen molar-refractivity contribution in [1.29, 1.82) is 0 Å².